The van der Waals surface area contributed by atoms with Gasteiger partial charge in [0.2, 0.25) is 0 Å². The zero-order valence-electron chi connectivity index (χ0n) is 18.3. The summed E-state index contributed by atoms with van der Waals surface area (Å²) in [7, 11) is 0. The van der Waals surface area contributed by atoms with Gasteiger partial charge in [-0.3, -0.25) is 4.79 Å². The summed E-state index contributed by atoms with van der Waals surface area (Å²) in [5.41, 5.74) is 5.09. The molecule has 1 atom stereocenters. The normalized spacial score (nSPS) is 11.8. The molecule has 5 nitrogen and oxygen atoms in total. The third kappa shape index (κ3) is 4.34. The van der Waals surface area contributed by atoms with Crippen LogP contribution in [-0.4, -0.2) is 20.3 Å². The Morgan fingerprint density at radius 2 is 1.48 bits per heavy atom. The Morgan fingerprint density at radius 3 is 2.21 bits per heavy atom. The van der Waals surface area contributed by atoms with Gasteiger partial charge >= 0.3 is 0 Å². The van der Waals surface area contributed by atoms with E-state index < -0.39 is 0 Å². The summed E-state index contributed by atoms with van der Waals surface area (Å²) < 4.78 is 3.81. The van der Waals surface area contributed by atoms with Gasteiger partial charge in [-0.05, 0) is 48.9 Å². The monoisotopic (exact) mass is 432 g/mol. The van der Waals surface area contributed by atoms with Crippen LogP contribution in [0.2, 0.25) is 0 Å². The van der Waals surface area contributed by atoms with Crippen LogP contribution in [0, 0.1) is 0 Å². The number of hydrogen-bond donors (Lipinski definition) is 1. The Kier molecular flexibility index (Phi) is 5.60. The van der Waals surface area contributed by atoms with Crippen molar-refractivity contribution in [3.8, 4) is 22.6 Å². The van der Waals surface area contributed by atoms with Crippen LogP contribution in [0.15, 0.2) is 116 Å². The average Bonchev–Trinajstić information content (AvgIpc) is 3.56. The highest BCUT2D eigenvalue weighted by Crippen LogP contribution is 2.25. The van der Waals surface area contributed by atoms with E-state index in [-0.39, 0.29) is 11.9 Å². The molecule has 5 rings (SSSR count). The van der Waals surface area contributed by atoms with Crippen LogP contribution >= 0.6 is 0 Å². The standard InChI is InChI=1S/C28H24N4O/c1-21(23-13-10-16-25(19-23)31-17-8-9-18-31)29-28(33)26-20-32(24-14-6-3-7-15-24)30-27(26)22-11-4-2-5-12-22/h2-21H,1H3,(H,29,33). The number of rotatable bonds is 6. The van der Waals surface area contributed by atoms with Crippen LogP contribution < -0.4 is 5.32 Å². The Bertz CT molecular complexity index is 1360. The van der Waals surface area contributed by atoms with Crippen molar-refractivity contribution in [2.45, 2.75) is 13.0 Å². The van der Waals surface area contributed by atoms with E-state index in [1.54, 1.807) is 10.9 Å². The van der Waals surface area contributed by atoms with Crippen molar-refractivity contribution in [1.82, 2.24) is 19.7 Å². The highest BCUT2D eigenvalue weighted by molar-refractivity contribution is 6.00. The Hall–Kier alpha value is -4.38. The second-order valence-electron chi connectivity index (χ2n) is 7.92. The summed E-state index contributed by atoms with van der Waals surface area (Å²) in [6.45, 7) is 2.00. The fourth-order valence-electron chi connectivity index (χ4n) is 3.88. The van der Waals surface area contributed by atoms with Gasteiger partial charge in [-0.2, -0.15) is 5.10 Å². The van der Waals surface area contributed by atoms with Gasteiger partial charge in [0, 0.05) is 29.8 Å². The number of carbonyl (C=O) groups excluding carboxylic acids is 1. The summed E-state index contributed by atoms with van der Waals surface area (Å²) in [6.07, 6.45) is 5.81. The lowest BCUT2D eigenvalue weighted by Gasteiger charge is -2.16. The zero-order valence-corrected chi connectivity index (χ0v) is 18.3. The molecule has 0 aliphatic carbocycles. The second-order valence-corrected chi connectivity index (χ2v) is 7.92. The van der Waals surface area contributed by atoms with E-state index in [0.29, 0.717) is 11.3 Å². The average molecular weight is 433 g/mol. The molecular weight excluding hydrogens is 408 g/mol. The number of benzene rings is 3. The fourth-order valence-corrected chi connectivity index (χ4v) is 3.88. The first-order valence-corrected chi connectivity index (χ1v) is 10.9. The van der Waals surface area contributed by atoms with Crippen molar-refractivity contribution in [2.24, 2.45) is 0 Å². The lowest BCUT2D eigenvalue weighted by Crippen LogP contribution is -2.26. The minimum atomic E-state index is -0.170. The molecule has 0 saturated carbocycles. The molecule has 2 aromatic heterocycles. The summed E-state index contributed by atoms with van der Waals surface area (Å²) >= 11 is 0. The molecule has 0 fully saturated rings. The van der Waals surface area contributed by atoms with E-state index in [1.807, 2.05) is 104 Å². The molecule has 162 valence electrons. The van der Waals surface area contributed by atoms with E-state index >= 15 is 0 Å². The Morgan fingerprint density at radius 1 is 0.818 bits per heavy atom. The largest absolute Gasteiger partial charge is 0.345 e. The van der Waals surface area contributed by atoms with Crippen molar-refractivity contribution < 1.29 is 4.79 Å². The van der Waals surface area contributed by atoms with Gasteiger partial charge in [0.25, 0.3) is 5.91 Å². The van der Waals surface area contributed by atoms with Gasteiger partial charge in [-0.15, -0.1) is 0 Å². The van der Waals surface area contributed by atoms with Crippen LogP contribution in [0.3, 0.4) is 0 Å². The van der Waals surface area contributed by atoms with Gasteiger partial charge in [0.1, 0.15) is 5.69 Å². The molecule has 1 unspecified atom stereocenters. The number of carbonyl (C=O) groups is 1. The number of aromatic nitrogens is 3. The van der Waals surface area contributed by atoms with E-state index in [9.17, 15) is 4.79 Å². The number of para-hydroxylation sites is 1. The quantitative estimate of drug-likeness (QED) is 0.367. The first-order valence-electron chi connectivity index (χ1n) is 10.9. The third-order valence-corrected chi connectivity index (χ3v) is 5.65. The first-order chi connectivity index (χ1) is 16.2. The Balaban J connectivity index is 1.46. The van der Waals surface area contributed by atoms with Crippen molar-refractivity contribution in [2.75, 3.05) is 0 Å². The second kappa shape index (κ2) is 9.01. The first kappa shape index (κ1) is 20.5. The molecule has 0 bridgehead atoms. The van der Waals surface area contributed by atoms with Crippen molar-refractivity contribution >= 4 is 5.91 Å². The molecule has 5 aromatic rings. The molecule has 2 heterocycles. The smallest absolute Gasteiger partial charge is 0.255 e. The molecule has 0 saturated heterocycles. The van der Waals surface area contributed by atoms with Gasteiger partial charge in [0.05, 0.1) is 17.3 Å². The topological polar surface area (TPSA) is 51.9 Å². The molecule has 0 radical (unpaired) electrons. The van der Waals surface area contributed by atoms with E-state index in [1.165, 1.54) is 0 Å². The third-order valence-electron chi connectivity index (χ3n) is 5.65. The van der Waals surface area contributed by atoms with Gasteiger partial charge < -0.3 is 9.88 Å². The van der Waals surface area contributed by atoms with E-state index in [4.69, 9.17) is 5.10 Å². The minimum Gasteiger partial charge on any atom is -0.345 e. The van der Waals surface area contributed by atoms with Crippen molar-refractivity contribution in [3.63, 3.8) is 0 Å². The number of amides is 1. The molecule has 1 N–H and O–H groups in total. The fraction of sp³-hybridized carbons (Fsp3) is 0.0714. The maximum absolute atomic E-state index is 13.4. The molecule has 5 heteroatoms. The van der Waals surface area contributed by atoms with Crippen LogP contribution in [0.1, 0.15) is 28.9 Å². The van der Waals surface area contributed by atoms with Gasteiger partial charge in [0.15, 0.2) is 0 Å². The molecule has 33 heavy (non-hydrogen) atoms. The Labute approximate surface area is 192 Å². The molecule has 3 aromatic carbocycles. The molecule has 1 amide bonds. The molecule has 0 spiro atoms. The maximum atomic E-state index is 13.4. The zero-order chi connectivity index (χ0) is 22.6. The van der Waals surface area contributed by atoms with E-state index in [0.717, 1.165) is 22.5 Å². The number of nitrogens with one attached hydrogen (secondary N) is 1. The van der Waals surface area contributed by atoms with Crippen LogP contribution in [0.5, 0.6) is 0 Å². The van der Waals surface area contributed by atoms with Crippen LogP contribution in [0.25, 0.3) is 22.6 Å². The highest BCUT2D eigenvalue weighted by atomic mass is 16.1. The summed E-state index contributed by atoms with van der Waals surface area (Å²) in [4.78, 5) is 13.4. The van der Waals surface area contributed by atoms with Crippen molar-refractivity contribution in [1.29, 1.82) is 0 Å². The molecule has 0 aliphatic heterocycles. The minimum absolute atomic E-state index is 0.157. The maximum Gasteiger partial charge on any atom is 0.255 e. The number of nitrogens with zero attached hydrogens (tertiary/aromatic N) is 3. The summed E-state index contributed by atoms with van der Waals surface area (Å²) in [5.74, 6) is -0.157. The van der Waals surface area contributed by atoms with Crippen LogP contribution in [-0.2, 0) is 0 Å². The summed E-state index contributed by atoms with van der Waals surface area (Å²) in [6, 6.07) is 31.6. The lowest BCUT2D eigenvalue weighted by atomic mass is 10.1. The van der Waals surface area contributed by atoms with Crippen molar-refractivity contribution in [3.05, 3.63) is 127 Å². The van der Waals surface area contributed by atoms with Crippen LogP contribution in [0.4, 0.5) is 0 Å². The predicted octanol–water partition coefficient (Wildman–Crippen LogP) is 5.82. The lowest BCUT2D eigenvalue weighted by molar-refractivity contribution is 0.0940. The van der Waals surface area contributed by atoms with Gasteiger partial charge in [-0.1, -0.05) is 60.7 Å². The molecular formula is C28H24N4O. The number of hydrogen-bond acceptors (Lipinski definition) is 2. The SMILES string of the molecule is CC(NC(=O)c1cn(-c2ccccc2)nc1-c1ccccc1)c1cccc(-n2cccc2)c1. The van der Waals surface area contributed by atoms with E-state index in [2.05, 4.69) is 22.0 Å². The summed E-state index contributed by atoms with van der Waals surface area (Å²) in [5, 5.41) is 7.91. The predicted molar refractivity (Wildman–Crippen MR) is 131 cm³/mol. The molecule has 0 aliphatic rings. The van der Waals surface area contributed by atoms with Gasteiger partial charge in [-0.25, -0.2) is 4.68 Å². The highest BCUT2D eigenvalue weighted by Gasteiger charge is 2.20.